The van der Waals surface area contributed by atoms with Crippen LogP contribution in [-0.4, -0.2) is 47.7 Å². The molecule has 1 atom stereocenters. The van der Waals surface area contributed by atoms with Crippen molar-refractivity contribution in [3.05, 3.63) is 28.8 Å². The maximum atomic E-state index is 11.4. The molecule has 0 saturated carbocycles. The highest BCUT2D eigenvalue weighted by Gasteiger charge is 2.30. The summed E-state index contributed by atoms with van der Waals surface area (Å²) in [4.78, 5) is 23.8. The summed E-state index contributed by atoms with van der Waals surface area (Å²) in [6, 6.07) is 3.50. The van der Waals surface area contributed by atoms with Crippen molar-refractivity contribution in [2.24, 2.45) is 0 Å². The molecule has 1 aromatic rings. The number of carbonyl (C=O) groups is 2. The number of hydrogen-bond acceptors (Lipinski definition) is 4. The van der Waals surface area contributed by atoms with Crippen molar-refractivity contribution in [2.75, 3.05) is 19.7 Å². The first-order valence-electron chi connectivity index (χ1n) is 6.86. The summed E-state index contributed by atoms with van der Waals surface area (Å²) in [7, 11) is 0. The van der Waals surface area contributed by atoms with Gasteiger partial charge in [-0.2, -0.15) is 0 Å². The van der Waals surface area contributed by atoms with Gasteiger partial charge in [0.25, 0.3) is 0 Å². The molecule has 0 radical (unpaired) electrons. The van der Waals surface area contributed by atoms with Crippen molar-refractivity contribution >= 4 is 11.9 Å². The number of imide groups is 1. The van der Waals surface area contributed by atoms with Crippen LogP contribution in [0.4, 0.5) is 4.79 Å². The molecule has 1 aromatic carbocycles. The van der Waals surface area contributed by atoms with E-state index in [2.05, 4.69) is 5.32 Å². The Morgan fingerprint density at radius 1 is 1.29 bits per heavy atom. The number of nitrogens with one attached hydrogen (secondary N) is 1. The fraction of sp³-hybridized carbons (Fsp3) is 0.467. The van der Waals surface area contributed by atoms with Crippen molar-refractivity contribution in [3.63, 3.8) is 0 Å². The smallest absolute Gasteiger partial charge is 0.324 e. The minimum atomic E-state index is -0.919. The molecule has 0 bridgehead atoms. The van der Waals surface area contributed by atoms with Gasteiger partial charge in [-0.25, -0.2) is 4.79 Å². The number of benzene rings is 1. The van der Waals surface area contributed by atoms with Crippen molar-refractivity contribution in [2.45, 2.75) is 26.9 Å². The van der Waals surface area contributed by atoms with E-state index in [9.17, 15) is 14.7 Å². The van der Waals surface area contributed by atoms with Gasteiger partial charge in [0.2, 0.25) is 5.91 Å². The molecule has 6 heteroatoms. The zero-order valence-corrected chi connectivity index (χ0v) is 12.5. The predicted molar refractivity (Wildman–Crippen MR) is 77.3 cm³/mol. The number of carbonyl (C=O) groups excluding carboxylic acids is 2. The summed E-state index contributed by atoms with van der Waals surface area (Å²) in [6.07, 6.45) is -0.919. The maximum Gasteiger partial charge on any atom is 0.324 e. The number of β-amino-alcohol motifs (C(OH)–C–C–N with tert-alkyl or cyclic N) is 1. The molecule has 1 heterocycles. The highest BCUT2D eigenvalue weighted by atomic mass is 16.5. The van der Waals surface area contributed by atoms with E-state index in [1.807, 2.05) is 32.9 Å². The molecule has 0 aromatic heterocycles. The van der Waals surface area contributed by atoms with Crippen LogP contribution >= 0.6 is 0 Å². The minimum Gasteiger partial charge on any atom is -0.490 e. The Labute approximate surface area is 123 Å². The Balaban J connectivity index is 1.96. The summed E-state index contributed by atoms with van der Waals surface area (Å²) in [5, 5.41) is 12.4. The van der Waals surface area contributed by atoms with Gasteiger partial charge in [-0.15, -0.1) is 0 Å². The lowest BCUT2D eigenvalue weighted by molar-refractivity contribution is -0.126. The van der Waals surface area contributed by atoms with Crippen LogP contribution in [0.5, 0.6) is 5.75 Å². The summed E-state index contributed by atoms with van der Waals surface area (Å²) in [6.45, 7) is 5.84. The number of urea groups is 1. The number of amides is 3. The zero-order chi connectivity index (χ0) is 15.6. The Kier molecular flexibility index (Phi) is 4.47. The van der Waals surface area contributed by atoms with Crippen molar-refractivity contribution in [1.29, 1.82) is 0 Å². The molecule has 2 N–H and O–H groups in total. The van der Waals surface area contributed by atoms with E-state index >= 15 is 0 Å². The van der Waals surface area contributed by atoms with Gasteiger partial charge in [-0.1, -0.05) is 12.1 Å². The van der Waals surface area contributed by atoms with E-state index in [0.29, 0.717) is 0 Å². The number of ether oxygens (including phenoxy) is 1. The maximum absolute atomic E-state index is 11.4. The van der Waals surface area contributed by atoms with Crippen LogP contribution in [0, 0.1) is 20.8 Å². The third kappa shape index (κ3) is 3.33. The first kappa shape index (κ1) is 15.3. The monoisotopic (exact) mass is 292 g/mol. The molecule has 1 aliphatic heterocycles. The molecule has 2 rings (SSSR count). The van der Waals surface area contributed by atoms with Crippen LogP contribution in [0.25, 0.3) is 0 Å². The average Bonchev–Trinajstić information content (AvgIpc) is 2.75. The van der Waals surface area contributed by atoms with E-state index in [0.717, 1.165) is 27.3 Å². The Bertz CT molecular complexity index is 555. The molecule has 1 fully saturated rings. The fourth-order valence-corrected chi connectivity index (χ4v) is 2.23. The van der Waals surface area contributed by atoms with Gasteiger partial charge >= 0.3 is 6.03 Å². The van der Waals surface area contributed by atoms with E-state index < -0.39 is 12.1 Å². The highest BCUT2D eigenvalue weighted by molar-refractivity contribution is 6.01. The van der Waals surface area contributed by atoms with Crippen LogP contribution in [0.2, 0.25) is 0 Å². The van der Waals surface area contributed by atoms with Gasteiger partial charge in [-0.05, 0) is 37.5 Å². The van der Waals surface area contributed by atoms with Crippen LogP contribution < -0.4 is 10.1 Å². The molecule has 1 aliphatic rings. The SMILES string of the molecule is Cc1ccc(C)c(OC[C@H](O)CN2C(=O)CNC2=O)c1C. The highest BCUT2D eigenvalue weighted by Crippen LogP contribution is 2.25. The molecule has 1 saturated heterocycles. The molecule has 0 spiro atoms. The molecule has 114 valence electrons. The topological polar surface area (TPSA) is 78.9 Å². The Morgan fingerprint density at radius 2 is 1.95 bits per heavy atom. The average molecular weight is 292 g/mol. The lowest BCUT2D eigenvalue weighted by Crippen LogP contribution is -2.39. The second kappa shape index (κ2) is 6.13. The number of aliphatic hydroxyl groups excluding tert-OH is 1. The van der Waals surface area contributed by atoms with Gasteiger partial charge in [0.1, 0.15) is 18.5 Å². The van der Waals surface area contributed by atoms with Crippen LogP contribution in [0.15, 0.2) is 12.1 Å². The van der Waals surface area contributed by atoms with Gasteiger partial charge in [0, 0.05) is 0 Å². The van der Waals surface area contributed by atoms with Gasteiger partial charge in [0.05, 0.1) is 13.1 Å². The van der Waals surface area contributed by atoms with Gasteiger partial charge < -0.3 is 15.2 Å². The standard InChI is InChI=1S/C15H20N2O4/c1-9-4-5-10(2)14(11(9)3)21-8-12(18)7-17-13(19)6-16-15(17)20/h4-5,12,18H,6-8H2,1-3H3,(H,16,20)/t12-/m1/s1. The number of nitrogens with zero attached hydrogens (tertiary/aromatic N) is 1. The van der Waals surface area contributed by atoms with Crippen molar-refractivity contribution < 1.29 is 19.4 Å². The number of aryl methyl sites for hydroxylation is 2. The number of rotatable bonds is 5. The van der Waals surface area contributed by atoms with E-state index in [-0.39, 0.29) is 25.6 Å². The molecule has 0 aliphatic carbocycles. The van der Waals surface area contributed by atoms with Crippen LogP contribution in [0.3, 0.4) is 0 Å². The van der Waals surface area contributed by atoms with Gasteiger partial charge in [0.15, 0.2) is 0 Å². The van der Waals surface area contributed by atoms with E-state index in [4.69, 9.17) is 4.74 Å². The quantitative estimate of drug-likeness (QED) is 0.790. The molecule has 6 nitrogen and oxygen atoms in total. The van der Waals surface area contributed by atoms with Crippen molar-refractivity contribution in [3.8, 4) is 5.75 Å². The summed E-state index contributed by atoms with van der Waals surface area (Å²) >= 11 is 0. The second-order valence-electron chi connectivity index (χ2n) is 5.28. The van der Waals surface area contributed by atoms with Crippen LogP contribution in [0.1, 0.15) is 16.7 Å². The Hall–Kier alpha value is -2.08. The normalized spacial score (nSPS) is 16.1. The second-order valence-corrected chi connectivity index (χ2v) is 5.28. The van der Waals surface area contributed by atoms with Gasteiger partial charge in [-0.3, -0.25) is 9.69 Å². The Morgan fingerprint density at radius 3 is 2.57 bits per heavy atom. The van der Waals surface area contributed by atoms with E-state index in [1.54, 1.807) is 0 Å². The summed E-state index contributed by atoms with van der Waals surface area (Å²) < 4.78 is 5.67. The zero-order valence-electron chi connectivity index (χ0n) is 12.5. The lowest BCUT2D eigenvalue weighted by atomic mass is 10.1. The van der Waals surface area contributed by atoms with Crippen LogP contribution in [-0.2, 0) is 4.79 Å². The largest absolute Gasteiger partial charge is 0.490 e. The number of aliphatic hydroxyl groups is 1. The van der Waals surface area contributed by atoms with Crippen molar-refractivity contribution in [1.82, 2.24) is 10.2 Å². The third-order valence-electron chi connectivity index (χ3n) is 3.62. The first-order valence-corrected chi connectivity index (χ1v) is 6.86. The molecular formula is C15H20N2O4. The number of hydrogen-bond donors (Lipinski definition) is 2. The fourth-order valence-electron chi connectivity index (χ4n) is 2.23. The predicted octanol–water partition coefficient (Wildman–Crippen LogP) is 0.903. The van der Waals surface area contributed by atoms with E-state index in [1.165, 1.54) is 0 Å². The molecule has 3 amide bonds. The lowest BCUT2D eigenvalue weighted by Gasteiger charge is -2.19. The summed E-state index contributed by atoms with van der Waals surface area (Å²) in [5.41, 5.74) is 3.12. The molecular weight excluding hydrogens is 272 g/mol. The third-order valence-corrected chi connectivity index (χ3v) is 3.62. The molecule has 0 unspecified atom stereocenters. The summed E-state index contributed by atoms with van der Waals surface area (Å²) in [5.74, 6) is 0.410. The minimum absolute atomic E-state index is 0.0114. The first-order chi connectivity index (χ1) is 9.90. The molecule has 21 heavy (non-hydrogen) atoms.